The molecule has 0 saturated heterocycles. The Bertz CT molecular complexity index is 567. The van der Waals surface area contributed by atoms with Gasteiger partial charge in [0.2, 0.25) is 5.91 Å². The monoisotopic (exact) mass is 366 g/mol. The number of hydrogen-bond acceptors (Lipinski definition) is 3. The van der Waals surface area contributed by atoms with Crippen molar-refractivity contribution in [1.29, 1.82) is 0 Å². The van der Waals surface area contributed by atoms with Crippen molar-refractivity contribution in [2.24, 2.45) is 11.7 Å². The predicted octanol–water partition coefficient (Wildman–Crippen LogP) is 3.98. The number of nitrogens with two attached hydrogens (primary N) is 1. The Morgan fingerprint density at radius 3 is 2.67 bits per heavy atom. The molecule has 24 heavy (non-hydrogen) atoms. The first kappa shape index (κ1) is 20.6. The summed E-state index contributed by atoms with van der Waals surface area (Å²) in [5.41, 5.74) is 5.09. The molecule has 2 rings (SSSR count). The van der Waals surface area contributed by atoms with Crippen LogP contribution in [0.15, 0.2) is 18.2 Å². The van der Waals surface area contributed by atoms with Crippen molar-refractivity contribution < 1.29 is 22.7 Å². The van der Waals surface area contributed by atoms with Crippen LogP contribution in [0, 0.1) is 5.92 Å². The van der Waals surface area contributed by atoms with Crippen LogP contribution in [-0.2, 0) is 11.0 Å². The molecule has 1 saturated carbocycles. The van der Waals surface area contributed by atoms with Crippen molar-refractivity contribution in [3.05, 3.63) is 23.8 Å². The van der Waals surface area contributed by atoms with Gasteiger partial charge >= 0.3 is 6.18 Å². The first-order valence-electron chi connectivity index (χ1n) is 7.71. The maximum atomic E-state index is 12.9. The van der Waals surface area contributed by atoms with Gasteiger partial charge in [0.1, 0.15) is 5.75 Å². The highest BCUT2D eigenvalue weighted by Crippen LogP contribution is 2.35. The van der Waals surface area contributed by atoms with Crippen molar-refractivity contribution in [2.75, 3.05) is 11.9 Å². The number of amides is 1. The summed E-state index contributed by atoms with van der Waals surface area (Å²) < 4.78 is 43.9. The minimum atomic E-state index is -4.47. The summed E-state index contributed by atoms with van der Waals surface area (Å²) in [6, 6.07) is 3.05. The normalized spacial score (nSPS) is 20.9. The Kier molecular flexibility index (Phi) is 7.35. The van der Waals surface area contributed by atoms with E-state index in [9.17, 15) is 18.0 Å². The van der Waals surface area contributed by atoms with Crippen LogP contribution >= 0.6 is 12.4 Å². The molecule has 0 bridgehead atoms. The van der Waals surface area contributed by atoms with E-state index in [-0.39, 0.29) is 41.7 Å². The molecule has 0 spiro atoms. The molecule has 0 aliphatic heterocycles. The van der Waals surface area contributed by atoms with Gasteiger partial charge in [0, 0.05) is 12.0 Å². The highest BCUT2D eigenvalue weighted by atomic mass is 35.5. The fourth-order valence-corrected chi connectivity index (χ4v) is 2.79. The minimum Gasteiger partial charge on any atom is -0.492 e. The van der Waals surface area contributed by atoms with E-state index in [1.54, 1.807) is 6.92 Å². The van der Waals surface area contributed by atoms with Crippen LogP contribution < -0.4 is 15.8 Å². The Hall–Kier alpha value is -1.47. The highest BCUT2D eigenvalue weighted by Gasteiger charge is 2.32. The second-order valence-corrected chi connectivity index (χ2v) is 5.75. The van der Waals surface area contributed by atoms with Crippen LogP contribution in [0.2, 0.25) is 0 Å². The number of nitrogens with one attached hydrogen (secondary N) is 1. The van der Waals surface area contributed by atoms with E-state index in [4.69, 9.17) is 10.5 Å². The van der Waals surface area contributed by atoms with Crippen LogP contribution in [-0.4, -0.2) is 18.6 Å². The number of hydrogen-bond donors (Lipinski definition) is 2. The van der Waals surface area contributed by atoms with Gasteiger partial charge in [-0.2, -0.15) is 13.2 Å². The fraction of sp³-hybridized carbons (Fsp3) is 0.562. The van der Waals surface area contributed by atoms with Gasteiger partial charge in [-0.25, -0.2) is 0 Å². The standard InChI is InChI=1S/C16H21F3N2O2.ClH/c1-2-23-14-7-6-11(16(17,18)19)9-13(14)21-15(22)10-4-3-5-12(20)8-10;/h6-7,9-10,12H,2-5,8,20H2,1H3,(H,21,22);1H. The molecule has 0 aromatic heterocycles. The van der Waals surface area contributed by atoms with Crippen LogP contribution in [0.1, 0.15) is 38.2 Å². The molecule has 3 N–H and O–H groups in total. The molecule has 2 unspecified atom stereocenters. The quantitative estimate of drug-likeness (QED) is 0.847. The molecule has 0 heterocycles. The average Bonchev–Trinajstić information content (AvgIpc) is 2.48. The van der Waals surface area contributed by atoms with Gasteiger partial charge in [-0.1, -0.05) is 6.42 Å². The summed E-state index contributed by atoms with van der Waals surface area (Å²) in [7, 11) is 0. The minimum absolute atomic E-state index is 0. The van der Waals surface area contributed by atoms with Gasteiger partial charge in [-0.05, 0) is 44.4 Å². The molecule has 136 valence electrons. The Balaban J connectivity index is 0.00000288. The Labute approximate surface area is 145 Å². The number of carbonyl (C=O) groups is 1. The molecule has 1 aromatic carbocycles. The number of alkyl halides is 3. The van der Waals surface area contributed by atoms with Crippen LogP contribution in [0.4, 0.5) is 18.9 Å². The summed E-state index contributed by atoms with van der Waals surface area (Å²) in [4.78, 5) is 12.3. The molecule has 1 aliphatic rings. The van der Waals surface area contributed by atoms with E-state index in [0.717, 1.165) is 25.0 Å². The zero-order valence-electron chi connectivity index (χ0n) is 13.4. The third kappa shape index (κ3) is 5.27. The summed E-state index contributed by atoms with van der Waals surface area (Å²) in [6.45, 7) is 2.02. The maximum Gasteiger partial charge on any atom is 0.416 e. The van der Waals surface area contributed by atoms with E-state index in [1.165, 1.54) is 6.07 Å². The van der Waals surface area contributed by atoms with Crippen LogP contribution in [0.5, 0.6) is 5.75 Å². The molecule has 2 atom stereocenters. The van der Waals surface area contributed by atoms with Crippen molar-refractivity contribution in [3.63, 3.8) is 0 Å². The smallest absolute Gasteiger partial charge is 0.416 e. The highest BCUT2D eigenvalue weighted by molar-refractivity contribution is 5.94. The third-order valence-electron chi connectivity index (χ3n) is 3.95. The van der Waals surface area contributed by atoms with E-state index < -0.39 is 11.7 Å². The van der Waals surface area contributed by atoms with E-state index in [0.29, 0.717) is 19.4 Å². The average molecular weight is 367 g/mol. The van der Waals surface area contributed by atoms with Crippen molar-refractivity contribution in [1.82, 2.24) is 0 Å². The molecule has 1 aromatic rings. The second-order valence-electron chi connectivity index (χ2n) is 5.75. The zero-order valence-corrected chi connectivity index (χ0v) is 14.2. The fourth-order valence-electron chi connectivity index (χ4n) is 2.79. The van der Waals surface area contributed by atoms with Gasteiger partial charge in [-0.3, -0.25) is 4.79 Å². The van der Waals surface area contributed by atoms with Crippen LogP contribution in [0.3, 0.4) is 0 Å². The molecule has 1 fully saturated rings. The SMILES string of the molecule is CCOc1ccc(C(F)(F)F)cc1NC(=O)C1CCCC(N)C1.Cl. The zero-order chi connectivity index (χ0) is 17.0. The lowest BCUT2D eigenvalue weighted by atomic mass is 9.85. The first-order valence-corrected chi connectivity index (χ1v) is 7.71. The number of rotatable bonds is 4. The molecule has 4 nitrogen and oxygen atoms in total. The Morgan fingerprint density at radius 2 is 2.08 bits per heavy atom. The molecule has 1 aliphatic carbocycles. The largest absolute Gasteiger partial charge is 0.492 e. The maximum absolute atomic E-state index is 12.9. The first-order chi connectivity index (χ1) is 10.8. The summed E-state index contributed by atoms with van der Waals surface area (Å²) >= 11 is 0. The lowest BCUT2D eigenvalue weighted by Crippen LogP contribution is -2.34. The number of halogens is 4. The van der Waals surface area contributed by atoms with Crippen molar-refractivity contribution in [3.8, 4) is 5.75 Å². The van der Waals surface area contributed by atoms with Gasteiger partial charge < -0.3 is 15.8 Å². The van der Waals surface area contributed by atoms with Crippen molar-refractivity contribution >= 4 is 24.0 Å². The lowest BCUT2D eigenvalue weighted by molar-refractivity contribution is -0.137. The van der Waals surface area contributed by atoms with E-state index in [1.807, 2.05) is 0 Å². The number of ether oxygens (including phenoxy) is 1. The van der Waals surface area contributed by atoms with Gasteiger partial charge in [0.05, 0.1) is 17.9 Å². The molecule has 1 amide bonds. The predicted molar refractivity (Wildman–Crippen MR) is 88.4 cm³/mol. The van der Waals surface area contributed by atoms with E-state index >= 15 is 0 Å². The van der Waals surface area contributed by atoms with Crippen molar-refractivity contribution in [2.45, 2.75) is 44.8 Å². The number of carbonyl (C=O) groups excluding carboxylic acids is 1. The number of anilines is 1. The molecular formula is C16H22ClF3N2O2. The van der Waals surface area contributed by atoms with E-state index in [2.05, 4.69) is 5.32 Å². The van der Waals surface area contributed by atoms with Crippen LogP contribution in [0.25, 0.3) is 0 Å². The number of benzene rings is 1. The topological polar surface area (TPSA) is 64.3 Å². The lowest BCUT2D eigenvalue weighted by Gasteiger charge is -2.26. The molecule has 0 radical (unpaired) electrons. The van der Waals surface area contributed by atoms with Gasteiger partial charge in [0.25, 0.3) is 0 Å². The summed E-state index contributed by atoms with van der Waals surface area (Å²) in [6.07, 6.45) is -1.51. The van der Waals surface area contributed by atoms with Gasteiger partial charge in [-0.15, -0.1) is 12.4 Å². The Morgan fingerprint density at radius 1 is 1.38 bits per heavy atom. The summed E-state index contributed by atoms with van der Waals surface area (Å²) in [5, 5.41) is 2.58. The second kappa shape index (κ2) is 8.58. The van der Waals surface area contributed by atoms with Gasteiger partial charge in [0.15, 0.2) is 0 Å². The summed E-state index contributed by atoms with van der Waals surface area (Å²) in [5.74, 6) is -0.350. The molecule has 8 heteroatoms. The molecular weight excluding hydrogens is 345 g/mol. The third-order valence-corrected chi connectivity index (χ3v) is 3.95.